The zero-order chi connectivity index (χ0) is 23.5. The number of nitrogens with zero attached hydrogens (tertiary/aromatic N) is 1. The van der Waals surface area contributed by atoms with E-state index in [4.69, 9.17) is 16.3 Å². The van der Waals surface area contributed by atoms with Crippen LogP contribution in [0, 0.1) is 20.8 Å². The maximum Gasteiger partial charge on any atom is 0.264 e. The van der Waals surface area contributed by atoms with Crippen molar-refractivity contribution < 1.29 is 17.9 Å². The van der Waals surface area contributed by atoms with Crippen molar-refractivity contribution in [1.29, 1.82) is 0 Å². The SMILES string of the molecule is COc1ccc(NC(=O)CN(c2cc(C)cc(C)c2)S(=O)(=O)c2ccc(C)cc2)cc1Cl. The van der Waals surface area contributed by atoms with Crippen molar-refractivity contribution in [3.8, 4) is 5.75 Å². The summed E-state index contributed by atoms with van der Waals surface area (Å²) < 4.78 is 33.2. The van der Waals surface area contributed by atoms with Crippen molar-refractivity contribution in [2.75, 3.05) is 23.3 Å². The number of sulfonamides is 1. The molecule has 3 rings (SSSR count). The third-order valence-electron chi connectivity index (χ3n) is 4.83. The molecule has 1 N–H and O–H groups in total. The number of carbonyl (C=O) groups is 1. The Bertz CT molecular complexity index is 1220. The maximum absolute atomic E-state index is 13.5. The molecule has 0 aliphatic heterocycles. The van der Waals surface area contributed by atoms with Gasteiger partial charge in [0.05, 0.1) is 22.7 Å². The van der Waals surface area contributed by atoms with E-state index >= 15 is 0 Å². The molecule has 0 saturated carbocycles. The Morgan fingerprint density at radius 2 is 1.56 bits per heavy atom. The molecule has 0 unspecified atom stereocenters. The average molecular weight is 473 g/mol. The van der Waals surface area contributed by atoms with Crippen LogP contribution in [-0.2, 0) is 14.8 Å². The molecule has 0 radical (unpaired) electrons. The first-order chi connectivity index (χ1) is 15.1. The van der Waals surface area contributed by atoms with Gasteiger partial charge in [0.2, 0.25) is 5.91 Å². The molecule has 0 fully saturated rings. The van der Waals surface area contributed by atoms with Crippen molar-refractivity contribution in [2.24, 2.45) is 0 Å². The van der Waals surface area contributed by atoms with Crippen molar-refractivity contribution in [3.05, 3.63) is 82.4 Å². The van der Waals surface area contributed by atoms with Crippen molar-refractivity contribution in [3.63, 3.8) is 0 Å². The molecule has 0 saturated heterocycles. The molecule has 32 heavy (non-hydrogen) atoms. The minimum Gasteiger partial charge on any atom is -0.495 e. The molecule has 1 amide bonds. The number of rotatable bonds is 7. The predicted molar refractivity (Wildman–Crippen MR) is 128 cm³/mol. The Hall–Kier alpha value is -3.03. The normalized spacial score (nSPS) is 11.2. The van der Waals surface area contributed by atoms with Crippen molar-refractivity contribution >= 4 is 38.9 Å². The first-order valence-electron chi connectivity index (χ1n) is 9.91. The fourth-order valence-corrected chi connectivity index (χ4v) is 4.98. The third-order valence-corrected chi connectivity index (χ3v) is 6.91. The highest BCUT2D eigenvalue weighted by atomic mass is 35.5. The van der Waals surface area contributed by atoms with Crippen LogP contribution in [0.1, 0.15) is 16.7 Å². The van der Waals surface area contributed by atoms with Gasteiger partial charge in [0.25, 0.3) is 10.0 Å². The summed E-state index contributed by atoms with van der Waals surface area (Å²) in [5, 5.41) is 3.05. The molecule has 168 valence electrons. The number of carbonyl (C=O) groups excluding carboxylic acids is 1. The number of nitrogens with one attached hydrogen (secondary N) is 1. The van der Waals surface area contributed by atoms with Gasteiger partial charge in [-0.15, -0.1) is 0 Å². The summed E-state index contributed by atoms with van der Waals surface area (Å²) >= 11 is 6.13. The number of hydrogen-bond donors (Lipinski definition) is 1. The quantitative estimate of drug-likeness (QED) is 0.518. The van der Waals surface area contributed by atoms with Crippen LogP contribution in [0.3, 0.4) is 0 Å². The summed E-state index contributed by atoms with van der Waals surface area (Å²) in [7, 11) is -2.49. The van der Waals surface area contributed by atoms with Gasteiger partial charge in [0, 0.05) is 5.69 Å². The molecule has 0 spiro atoms. The molecular formula is C24H25ClN2O4S. The maximum atomic E-state index is 13.5. The predicted octanol–water partition coefficient (Wildman–Crippen LogP) is 5.11. The highest BCUT2D eigenvalue weighted by Gasteiger charge is 2.27. The van der Waals surface area contributed by atoms with Gasteiger partial charge >= 0.3 is 0 Å². The molecule has 0 aliphatic carbocycles. The zero-order valence-electron chi connectivity index (χ0n) is 18.3. The van der Waals surface area contributed by atoms with E-state index < -0.39 is 22.5 Å². The molecule has 0 heterocycles. The summed E-state index contributed by atoms with van der Waals surface area (Å²) in [6, 6.07) is 16.8. The molecule has 6 nitrogen and oxygen atoms in total. The second kappa shape index (κ2) is 9.63. The highest BCUT2D eigenvalue weighted by molar-refractivity contribution is 7.92. The molecule has 8 heteroatoms. The van der Waals surface area contributed by atoms with Crippen LogP contribution in [0.4, 0.5) is 11.4 Å². The number of hydrogen-bond acceptors (Lipinski definition) is 4. The topological polar surface area (TPSA) is 75.7 Å². The highest BCUT2D eigenvalue weighted by Crippen LogP contribution is 2.28. The molecular weight excluding hydrogens is 448 g/mol. The third kappa shape index (κ3) is 5.41. The van der Waals surface area contributed by atoms with Gasteiger partial charge < -0.3 is 10.1 Å². The second-order valence-corrected chi connectivity index (χ2v) is 9.84. The van der Waals surface area contributed by atoms with Gasteiger partial charge in [-0.3, -0.25) is 9.10 Å². The monoisotopic (exact) mass is 472 g/mol. The van der Waals surface area contributed by atoms with E-state index in [1.807, 2.05) is 26.8 Å². The van der Waals surface area contributed by atoms with Crippen LogP contribution in [-0.4, -0.2) is 28.0 Å². The Labute approximate surface area is 193 Å². The number of ether oxygens (including phenoxy) is 1. The van der Waals surface area contributed by atoms with E-state index in [-0.39, 0.29) is 4.90 Å². The summed E-state index contributed by atoms with van der Waals surface area (Å²) in [6.07, 6.45) is 0. The molecule has 3 aromatic rings. The number of benzene rings is 3. The van der Waals surface area contributed by atoms with Gasteiger partial charge in [0.1, 0.15) is 12.3 Å². The van der Waals surface area contributed by atoms with Crippen LogP contribution >= 0.6 is 11.6 Å². The van der Waals surface area contributed by atoms with E-state index in [1.165, 1.54) is 7.11 Å². The van der Waals surface area contributed by atoms with E-state index in [2.05, 4.69) is 5.32 Å². The molecule has 3 aromatic carbocycles. The Morgan fingerprint density at radius 3 is 2.12 bits per heavy atom. The summed E-state index contributed by atoms with van der Waals surface area (Å²) in [5.41, 5.74) is 3.59. The van der Waals surface area contributed by atoms with Crippen LogP contribution in [0.25, 0.3) is 0 Å². The summed E-state index contributed by atoms with van der Waals surface area (Å²) in [5.74, 6) is -0.0236. The fourth-order valence-electron chi connectivity index (χ4n) is 3.32. The Morgan fingerprint density at radius 1 is 0.938 bits per heavy atom. The molecule has 0 bridgehead atoms. The zero-order valence-corrected chi connectivity index (χ0v) is 19.9. The minimum atomic E-state index is -3.98. The van der Waals surface area contributed by atoms with Gasteiger partial charge in [-0.2, -0.15) is 0 Å². The van der Waals surface area contributed by atoms with E-state index in [1.54, 1.807) is 54.6 Å². The molecule has 0 aliphatic rings. The first kappa shape index (κ1) is 23.6. The van der Waals surface area contributed by atoms with Crippen LogP contribution < -0.4 is 14.4 Å². The Kier molecular flexibility index (Phi) is 7.11. The van der Waals surface area contributed by atoms with E-state index in [0.717, 1.165) is 21.0 Å². The van der Waals surface area contributed by atoms with Gasteiger partial charge in [-0.25, -0.2) is 8.42 Å². The average Bonchev–Trinajstić information content (AvgIpc) is 2.71. The summed E-state index contributed by atoms with van der Waals surface area (Å²) in [6.45, 7) is 5.24. The minimum absolute atomic E-state index is 0.113. The van der Waals surface area contributed by atoms with Gasteiger partial charge in [-0.05, 0) is 74.4 Å². The van der Waals surface area contributed by atoms with Gasteiger partial charge in [-0.1, -0.05) is 35.4 Å². The van der Waals surface area contributed by atoms with Crippen molar-refractivity contribution in [2.45, 2.75) is 25.7 Å². The molecule has 0 atom stereocenters. The lowest BCUT2D eigenvalue weighted by Gasteiger charge is -2.25. The largest absolute Gasteiger partial charge is 0.495 e. The Balaban J connectivity index is 1.96. The number of halogens is 1. The lowest BCUT2D eigenvalue weighted by Crippen LogP contribution is -2.38. The van der Waals surface area contributed by atoms with Crippen LogP contribution in [0.15, 0.2) is 65.6 Å². The number of aryl methyl sites for hydroxylation is 3. The van der Waals surface area contributed by atoms with Gasteiger partial charge in [0.15, 0.2) is 0 Å². The van der Waals surface area contributed by atoms with Crippen molar-refractivity contribution in [1.82, 2.24) is 0 Å². The number of methoxy groups -OCH3 is 1. The van der Waals surface area contributed by atoms with Crippen LogP contribution in [0.5, 0.6) is 5.75 Å². The number of amides is 1. The fraction of sp³-hybridized carbons (Fsp3) is 0.208. The summed E-state index contributed by atoms with van der Waals surface area (Å²) in [4.78, 5) is 13.0. The van der Waals surface area contributed by atoms with E-state index in [0.29, 0.717) is 22.1 Å². The lowest BCUT2D eigenvalue weighted by atomic mass is 10.1. The molecule has 0 aromatic heterocycles. The first-order valence-corrected chi connectivity index (χ1v) is 11.7. The number of anilines is 2. The van der Waals surface area contributed by atoms with E-state index in [9.17, 15) is 13.2 Å². The second-order valence-electron chi connectivity index (χ2n) is 7.57. The standard InChI is InChI=1S/C24H25ClN2O4S/c1-16-5-8-21(9-6-16)32(29,30)27(20-12-17(2)11-18(3)13-20)15-24(28)26-19-7-10-23(31-4)22(25)14-19/h5-14H,15H2,1-4H3,(H,26,28). The lowest BCUT2D eigenvalue weighted by molar-refractivity contribution is -0.114. The van der Waals surface area contributed by atoms with Crippen LogP contribution in [0.2, 0.25) is 5.02 Å². The smallest absolute Gasteiger partial charge is 0.264 e.